The van der Waals surface area contributed by atoms with Crippen molar-refractivity contribution >= 4 is 37.7 Å². The third-order valence-corrected chi connectivity index (χ3v) is 12.2. The van der Waals surface area contributed by atoms with Crippen LogP contribution in [0.2, 0.25) is 18.1 Å². The van der Waals surface area contributed by atoms with E-state index in [4.69, 9.17) is 24.4 Å². The van der Waals surface area contributed by atoms with E-state index in [9.17, 15) is 19.7 Å². The van der Waals surface area contributed by atoms with E-state index in [-0.39, 0.29) is 23.1 Å². The maximum Gasteiger partial charge on any atom is 0.339 e. The largest absolute Gasteiger partial charge is 0.543 e. The Bertz CT molecular complexity index is 1200. The Labute approximate surface area is 234 Å². The van der Waals surface area contributed by atoms with Crippen molar-refractivity contribution in [2.75, 3.05) is 20.0 Å². The fraction of sp³-hybridized carbons (Fsp3) is 0.481. The van der Waals surface area contributed by atoms with Gasteiger partial charge >= 0.3 is 11.9 Å². The molecule has 0 aromatic heterocycles. The number of nitrogens with zero attached hydrogens (tertiary/aromatic N) is 1. The molecule has 0 unspecified atom stereocenters. The quantitative estimate of drug-likeness (QED) is 0.151. The van der Waals surface area contributed by atoms with Gasteiger partial charge in [0.2, 0.25) is 8.32 Å². The summed E-state index contributed by atoms with van der Waals surface area (Å²) in [5, 5.41) is 10.8. The zero-order chi connectivity index (χ0) is 29.5. The number of carbonyl (C=O) groups excluding carboxylic acids is 2. The molecule has 214 valence electrons. The highest BCUT2D eigenvalue weighted by Crippen LogP contribution is 2.42. The van der Waals surface area contributed by atoms with Gasteiger partial charge in [0.05, 0.1) is 24.7 Å². The zero-order valence-electron chi connectivity index (χ0n) is 23.8. The highest BCUT2D eigenvalue weighted by atomic mass is 32.2. The molecule has 39 heavy (non-hydrogen) atoms. The molecule has 0 aliphatic rings. The van der Waals surface area contributed by atoms with Crippen molar-refractivity contribution in [3.05, 3.63) is 62.7 Å². The lowest BCUT2D eigenvalue weighted by Crippen LogP contribution is -2.44. The maximum atomic E-state index is 13.5. The molecule has 2 N–H and O–H groups in total. The molecular weight excluding hydrogens is 540 g/mol. The first kappa shape index (κ1) is 32.1. The number of thioether (sulfide) groups is 1. The molecule has 0 fully saturated rings. The number of nitro groups is 1. The summed E-state index contributed by atoms with van der Waals surface area (Å²) in [6, 6.07) is 6.78. The minimum atomic E-state index is -2.33. The van der Waals surface area contributed by atoms with Gasteiger partial charge in [0.1, 0.15) is 24.1 Å². The van der Waals surface area contributed by atoms with E-state index in [0.717, 1.165) is 0 Å². The van der Waals surface area contributed by atoms with Crippen molar-refractivity contribution in [3.8, 4) is 11.5 Å². The maximum absolute atomic E-state index is 13.5. The number of rotatable bonds is 12. The second kappa shape index (κ2) is 13.3. The van der Waals surface area contributed by atoms with Gasteiger partial charge in [-0.15, -0.1) is 0 Å². The van der Waals surface area contributed by atoms with Gasteiger partial charge in [-0.3, -0.25) is 14.9 Å². The molecule has 10 nitrogen and oxygen atoms in total. The number of hydrogen-bond acceptors (Lipinski definition) is 10. The van der Waals surface area contributed by atoms with E-state index in [1.165, 1.54) is 38.1 Å². The highest BCUT2D eigenvalue weighted by Gasteiger charge is 2.40. The fourth-order valence-electron chi connectivity index (χ4n) is 3.38. The van der Waals surface area contributed by atoms with E-state index in [1.54, 1.807) is 25.1 Å². The summed E-state index contributed by atoms with van der Waals surface area (Å²) in [5.74, 6) is 0.485. The van der Waals surface area contributed by atoms with Crippen LogP contribution in [0.5, 0.6) is 11.5 Å². The standard InChI is InChI=1S/C27H38N2O8SSi/c1-17-22(34-5)13-23(37-39(7,8)27(2,3)4)20(15-38-16-21(28)25(30)35-6)24(17)26(31)36-14-18-9-11-19(12-10-18)29(32)33/h9-13,21H,14-16,28H2,1-8H3/t21-/m0/s1. The van der Waals surface area contributed by atoms with Gasteiger partial charge in [-0.1, -0.05) is 20.8 Å². The molecule has 0 aliphatic carbocycles. The molecule has 0 heterocycles. The summed E-state index contributed by atoms with van der Waals surface area (Å²) in [4.78, 5) is 35.8. The van der Waals surface area contributed by atoms with Gasteiger partial charge in [-0.25, -0.2) is 4.79 Å². The molecule has 12 heteroatoms. The molecule has 0 amide bonds. The van der Waals surface area contributed by atoms with Crippen LogP contribution >= 0.6 is 11.8 Å². The van der Waals surface area contributed by atoms with Crippen molar-refractivity contribution in [1.82, 2.24) is 0 Å². The fourth-order valence-corrected chi connectivity index (χ4v) is 5.42. The molecule has 0 saturated carbocycles. The van der Waals surface area contributed by atoms with Crippen LogP contribution in [0.4, 0.5) is 5.69 Å². The van der Waals surface area contributed by atoms with Gasteiger partial charge in [-0.2, -0.15) is 11.8 Å². The Kier molecular flexibility index (Phi) is 11.0. The van der Waals surface area contributed by atoms with Gasteiger partial charge in [0.25, 0.3) is 5.69 Å². The first-order valence-electron chi connectivity index (χ1n) is 12.3. The molecule has 0 saturated heterocycles. The van der Waals surface area contributed by atoms with Crippen LogP contribution in [0, 0.1) is 17.0 Å². The number of hydrogen-bond donors (Lipinski definition) is 1. The van der Waals surface area contributed by atoms with Crippen LogP contribution in [0.15, 0.2) is 30.3 Å². The van der Waals surface area contributed by atoms with E-state index in [0.29, 0.717) is 39.5 Å². The van der Waals surface area contributed by atoms with Crippen molar-refractivity contribution in [2.45, 2.75) is 64.2 Å². The predicted molar refractivity (Wildman–Crippen MR) is 154 cm³/mol. The summed E-state index contributed by atoms with van der Waals surface area (Å²) < 4.78 is 22.6. The Morgan fingerprint density at radius 3 is 2.26 bits per heavy atom. The zero-order valence-corrected chi connectivity index (χ0v) is 25.6. The first-order chi connectivity index (χ1) is 18.1. The molecule has 2 rings (SSSR count). The van der Waals surface area contributed by atoms with E-state index >= 15 is 0 Å². The summed E-state index contributed by atoms with van der Waals surface area (Å²) in [5.41, 5.74) is 8.00. The molecule has 2 aromatic rings. The molecule has 2 aromatic carbocycles. The molecule has 1 atom stereocenters. The number of nitro benzene ring substituents is 1. The molecule has 0 spiro atoms. The van der Waals surface area contributed by atoms with Gasteiger partial charge in [-0.05, 0) is 42.8 Å². The van der Waals surface area contributed by atoms with Gasteiger partial charge < -0.3 is 24.4 Å². The second-order valence-corrected chi connectivity index (χ2v) is 16.3. The normalized spacial score (nSPS) is 12.4. The third-order valence-electron chi connectivity index (χ3n) is 6.77. The Morgan fingerprint density at radius 1 is 1.13 bits per heavy atom. The Hall–Kier alpha value is -3.09. The first-order valence-corrected chi connectivity index (χ1v) is 16.4. The Morgan fingerprint density at radius 2 is 1.74 bits per heavy atom. The molecule has 0 aliphatic heterocycles. The van der Waals surface area contributed by atoms with Crippen LogP contribution in [-0.2, 0) is 26.6 Å². The van der Waals surface area contributed by atoms with E-state index in [2.05, 4.69) is 33.9 Å². The predicted octanol–water partition coefficient (Wildman–Crippen LogP) is 5.39. The highest BCUT2D eigenvalue weighted by molar-refractivity contribution is 7.98. The monoisotopic (exact) mass is 578 g/mol. The van der Waals surface area contributed by atoms with Crippen LogP contribution in [0.25, 0.3) is 0 Å². The average Bonchev–Trinajstić information content (AvgIpc) is 2.87. The lowest BCUT2D eigenvalue weighted by Gasteiger charge is -2.37. The number of carbonyl (C=O) groups is 2. The number of ether oxygens (including phenoxy) is 3. The number of methoxy groups -OCH3 is 2. The van der Waals surface area contributed by atoms with Crippen LogP contribution < -0.4 is 14.9 Å². The number of non-ortho nitro benzene ring substituents is 1. The smallest absolute Gasteiger partial charge is 0.339 e. The SMILES string of the molecule is COC(=O)[C@@H](N)CSCc1c(O[Si](C)(C)C(C)(C)C)cc(OC)c(C)c1C(=O)OCc1ccc([N+](=O)[O-])cc1. The van der Waals surface area contributed by atoms with Crippen molar-refractivity contribution in [1.29, 1.82) is 0 Å². The van der Waals surface area contributed by atoms with Crippen LogP contribution in [-0.4, -0.2) is 51.2 Å². The summed E-state index contributed by atoms with van der Waals surface area (Å²) in [6.45, 7) is 12.3. The van der Waals surface area contributed by atoms with E-state index < -0.39 is 31.2 Å². The summed E-state index contributed by atoms with van der Waals surface area (Å²) in [7, 11) is 0.474. The topological polar surface area (TPSA) is 140 Å². The lowest BCUT2D eigenvalue weighted by molar-refractivity contribution is -0.384. The van der Waals surface area contributed by atoms with Crippen molar-refractivity contribution in [3.63, 3.8) is 0 Å². The minimum Gasteiger partial charge on any atom is -0.543 e. The molecular formula is C27H38N2O8SSi. The molecule has 0 bridgehead atoms. The Balaban J connectivity index is 2.49. The van der Waals surface area contributed by atoms with Gasteiger partial charge in [0.15, 0.2) is 0 Å². The average molecular weight is 579 g/mol. The van der Waals surface area contributed by atoms with Gasteiger partial charge in [0, 0.05) is 40.8 Å². The second-order valence-electron chi connectivity index (χ2n) is 10.6. The van der Waals surface area contributed by atoms with Crippen molar-refractivity contribution < 1.29 is 33.1 Å². The summed E-state index contributed by atoms with van der Waals surface area (Å²) >= 11 is 1.38. The number of esters is 2. The van der Waals surface area contributed by atoms with Crippen LogP contribution in [0.3, 0.4) is 0 Å². The number of nitrogens with two attached hydrogens (primary N) is 1. The van der Waals surface area contributed by atoms with Crippen molar-refractivity contribution in [2.24, 2.45) is 5.73 Å². The molecule has 0 radical (unpaired) electrons. The lowest BCUT2D eigenvalue weighted by atomic mass is 10.0. The number of benzene rings is 2. The van der Waals surface area contributed by atoms with Crippen LogP contribution in [0.1, 0.15) is 47.8 Å². The van der Waals surface area contributed by atoms with E-state index in [1.807, 2.05) is 0 Å². The summed E-state index contributed by atoms with van der Waals surface area (Å²) in [6.07, 6.45) is 0. The third kappa shape index (κ3) is 8.20. The minimum absolute atomic E-state index is 0.0504.